The normalized spacial score (nSPS) is 11.7. The van der Waals surface area contributed by atoms with E-state index >= 15 is 0 Å². The predicted octanol–water partition coefficient (Wildman–Crippen LogP) is 3.61. The quantitative estimate of drug-likeness (QED) is 0.719. The molecule has 0 bridgehead atoms. The van der Waals surface area contributed by atoms with E-state index in [0.29, 0.717) is 18.4 Å². The van der Waals surface area contributed by atoms with Crippen LogP contribution in [0, 0.1) is 0 Å². The van der Waals surface area contributed by atoms with Crippen LogP contribution in [0.4, 0.5) is 0 Å². The third-order valence-electron chi connectivity index (χ3n) is 3.72. The molecule has 5 heteroatoms. The summed E-state index contributed by atoms with van der Waals surface area (Å²) in [5, 5.41) is 11.9. The number of carboxylic acids is 1. The maximum Gasteiger partial charge on any atom is 0.303 e. The average molecular weight is 343 g/mol. The lowest BCUT2D eigenvalue weighted by atomic mass is 10.0. The Bertz CT molecular complexity index is 688. The Morgan fingerprint density at radius 3 is 2.42 bits per heavy atom. The number of aliphatic carboxylic acids is 1. The fourth-order valence-electron chi connectivity index (χ4n) is 2.52. The summed E-state index contributed by atoms with van der Waals surface area (Å²) in [5.41, 5.74) is 1.70. The van der Waals surface area contributed by atoms with Crippen molar-refractivity contribution in [3.8, 4) is 0 Å². The number of hydrogen-bond acceptors (Lipinski definition) is 3. The number of thioether (sulfide) groups is 1. The SMILES string of the molecule is CSc1ccccc1C(=O)NC(CCC(=O)O)Cc1ccccc1. The summed E-state index contributed by atoms with van der Waals surface area (Å²) in [4.78, 5) is 24.4. The third-order valence-corrected chi connectivity index (χ3v) is 4.51. The zero-order chi connectivity index (χ0) is 17.4. The van der Waals surface area contributed by atoms with Gasteiger partial charge in [0.1, 0.15) is 0 Å². The Hall–Kier alpha value is -2.27. The molecule has 0 spiro atoms. The van der Waals surface area contributed by atoms with Gasteiger partial charge in [-0.2, -0.15) is 0 Å². The first-order valence-electron chi connectivity index (χ1n) is 7.79. The van der Waals surface area contributed by atoms with E-state index in [0.717, 1.165) is 10.5 Å². The number of amides is 1. The molecular weight excluding hydrogens is 322 g/mol. The molecule has 126 valence electrons. The van der Waals surface area contributed by atoms with E-state index in [-0.39, 0.29) is 18.4 Å². The number of benzene rings is 2. The number of rotatable bonds is 8. The molecule has 0 aliphatic heterocycles. The van der Waals surface area contributed by atoms with Gasteiger partial charge in [-0.05, 0) is 36.8 Å². The van der Waals surface area contributed by atoms with Crippen molar-refractivity contribution < 1.29 is 14.7 Å². The number of carboxylic acid groups (broad SMARTS) is 1. The van der Waals surface area contributed by atoms with Crippen LogP contribution in [0.15, 0.2) is 59.5 Å². The number of carbonyl (C=O) groups is 2. The van der Waals surface area contributed by atoms with Crippen molar-refractivity contribution in [1.29, 1.82) is 0 Å². The molecule has 2 rings (SSSR count). The van der Waals surface area contributed by atoms with E-state index in [1.54, 1.807) is 6.07 Å². The second-order valence-corrected chi connectivity index (χ2v) is 6.34. The standard InChI is InChI=1S/C19H21NO3S/c1-24-17-10-6-5-9-16(17)19(23)20-15(11-12-18(21)22)13-14-7-3-2-4-8-14/h2-10,15H,11-13H2,1H3,(H,20,23)(H,21,22). The van der Waals surface area contributed by atoms with Gasteiger partial charge in [-0.3, -0.25) is 9.59 Å². The van der Waals surface area contributed by atoms with Gasteiger partial charge in [0.2, 0.25) is 0 Å². The summed E-state index contributed by atoms with van der Waals surface area (Å²) < 4.78 is 0. The first kappa shape index (κ1) is 18.1. The second kappa shape index (κ2) is 9.13. The highest BCUT2D eigenvalue weighted by Crippen LogP contribution is 2.20. The van der Waals surface area contributed by atoms with Crippen LogP contribution in [0.1, 0.15) is 28.8 Å². The molecular formula is C19H21NO3S. The van der Waals surface area contributed by atoms with Crippen molar-refractivity contribution in [2.45, 2.75) is 30.2 Å². The number of carbonyl (C=O) groups excluding carboxylic acids is 1. The molecule has 0 fully saturated rings. The minimum absolute atomic E-state index is 0.0297. The van der Waals surface area contributed by atoms with Gasteiger partial charge in [0, 0.05) is 17.4 Å². The molecule has 2 aromatic carbocycles. The number of hydrogen-bond donors (Lipinski definition) is 2. The third kappa shape index (κ3) is 5.42. The minimum atomic E-state index is -0.855. The van der Waals surface area contributed by atoms with Gasteiger partial charge in [0.15, 0.2) is 0 Å². The minimum Gasteiger partial charge on any atom is -0.481 e. The highest BCUT2D eigenvalue weighted by Gasteiger charge is 2.17. The van der Waals surface area contributed by atoms with Gasteiger partial charge in [0.25, 0.3) is 5.91 Å². The van der Waals surface area contributed by atoms with Gasteiger partial charge < -0.3 is 10.4 Å². The van der Waals surface area contributed by atoms with Crippen LogP contribution in [0.25, 0.3) is 0 Å². The summed E-state index contributed by atoms with van der Waals surface area (Å²) in [6.07, 6.45) is 2.97. The Labute approximate surface area is 146 Å². The number of nitrogens with one attached hydrogen (secondary N) is 1. The van der Waals surface area contributed by atoms with Crippen LogP contribution in [-0.4, -0.2) is 29.3 Å². The highest BCUT2D eigenvalue weighted by atomic mass is 32.2. The van der Waals surface area contributed by atoms with Crippen molar-refractivity contribution in [1.82, 2.24) is 5.32 Å². The average Bonchev–Trinajstić information content (AvgIpc) is 2.60. The molecule has 0 heterocycles. The zero-order valence-electron chi connectivity index (χ0n) is 13.6. The van der Waals surface area contributed by atoms with Crippen molar-refractivity contribution in [3.63, 3.8) is 0 Å². The van der Waals surface area contributed by atoms with E-state index < -0.39 is 5.97 Å². The monoisotopic (exact) mass is 343 g/mol. The van der Waals surface area contributed by atoms with Crippen molar-refractivity contribution in [2.24, 2.45) is 0 Å². The Morgan fingerprint density at radius 2 is 1.75 bits per heavy atom. The Morgan fingerprint density at radius 1 is 1.08 bits per heavy atom. The summed E-state index contributed by atoms with van der Waals surface area (Å²) in [5.74, 6) is -1.02. The van der Waals surface area contributed by atoms with Crippen molar-refractivity contribution in [3.05, 3.63) is 65.7 Å². The van der Waals surface area contributed by atoms with Crippen LogP contribution in [-0.2, 0) is 11.2 Å². The smallest absolute Gasteiger partial charge is 0.303 e. The van der Waals surface area contributed by atoms with Crippen LogP contribution in [0.2, 0.25) is 0 Å². The molecule has 4 nitrogen and oxygen atoms in total. The summed E-state index contributed by atoms with van der Waals surface area (Å²) >= 11 is 1.52. The molecule has 0 aliphatic rings. The maximum atomic E-state index is 12.6. The van der Waals surface area contributed by atoms with Crippen LogP contribution >= 0.6 is 11.8 Å². The largest absolute Gasteiger partial charge is 0.481 e. The van der Waals surface area contributed by atoms with Crippen LogP contribution < -0.4 is 5.32 Å². The van der Waals surface area contributed by atoms with Crippen LogP contribution in [0.5, 0.6) is 0 Å². The molecule has 24 heavy (non-hydrogen) atoms. The zero-order valence-corrected chi connectivity index (χ0v) is 14.4. The molecule has 0 aromatic heterocycles. The molecule has 0 radical (unpaired) electrons. The lowest BCUT2D eigenvalue weighted by Gasteiger charge is -2.19. The molecule has 1 atom stereocenters. The molecule has 0 aliphatic carbocycles. The van der Waals surface area contributed by atoms with Gasteiger partial charge in [-0.25, -0.2) is 0 Å². The highest BCUT2D eigenvalue weighted by molar-refractivity contribution is 7.98. The van der Waals surface area contributed by atoms with E-state index in [9.17, 15) is 9.59 Å². The van der Waals surface area contributed by atoms with Gasteiger partial charge >= 0.3 is 5.97 Å². The van der Waals surface area contributed by atoms with Crippen molar-refractivity contribution in [2.75, 3.05) is 6.26 Å². The fourth-order valence-corrected chi connectivity index (χ4v) is 3.11. The van der Waals surface area contributed by atoms with E-state index in [1.807, 2.05) is 54.8 Å². The topological polar surface area (TPSA) is 66.4 Å². The fraction of sp³-hybridized carbons (Fsp3) is 0.263. The second-order valence-electron chi connectivity index (χ2n) is 5.49. The van der Waals surface area contributed by atoms with E-state index in [2.05, 4.69) is 5.32 Å². The summed E-state index contributed by atoms with van der Waals surface area (Å²) in [7, 11) is 0. The van der Waals surface area contributed by atoms with Crippen molar-refractivity contribution >= 4 is 23.6 Å². The predicted molar refractivity (Wildman–Crippen MR) is 96.5 cm³/mol. The molecule has 2 aromatic rings. The summed E-state index contributed by atoms with van der Waals surface area (Å²) in [6, 6.07) is 17.0. The molecule has 0 saturated heterocycles. The lowest BCUT2D eigenvalue weighted by Crippen LogP contribution is -2.37. The van der Waals surface area contributed by atoms with E-state index in [1.165, 1.54) is 11.8 Å². The lowest BCUT2D eigenvalue weighted by molar-refractivity contribution is -0.137. The Kier molecular flexibility index (Phi) is 6.88. The Balaban J connectivity index is 2.11. The molecule has 2 N–H and O–H groups in total. The van der Waals surface area contributed by atoms with Gasteiger partial charge in [0.05, 0.1) is 5.56 Å². The summed E-state index contributed by atoms with van der Waals surface area (Å²) in [6.45, 7) is 0. The molecule has 0 saturated carbocycles. The first-order valence-corrected chi connectivity index (χ1v) is 9.02. The first-order chi connectivity index (χ1) is 11.6. The molecule has 1 unspecified atom stereocenters. The van der Waals surface area contributed by atoms with Gasteiger partial charge in [-0.15, -0.1) is 11.8 Å². The maximum absolute atomic E-state index is 12.6. The van der Waals surface area contributed by atoms with Gasteiger partial charge in [-0.1, -0.05) is 42.5 Å². The van der Waals surface area contributed by atoms with E-state index in [4.69, 9.17) is 5.11 Å². The molecule has 1 amide bonds. The van der Waals surface area contributed by atoms with Crippen LogP contribution in [0.3, 0.4) is 0 Å².